The van der Waals surface area contributed by atoms with E-state index in [9.17, 15) is 0 Å². The Balaban J connectivity index is 1.69. The van der Waals surface area contributed by atoms with Gasteiger partial charge in [0.05, 0.1) is 31.5 Å². The monoisotopic (exact) mass is 405 g/mol. The molecule has 4 aromatic heterocycles. The molecule has 10 nitrogen and oxygen atoms in total. The van der Waals surface area contributed by atoms with Crippen LogP contribution >= 0.6 is 0 Å². The summed E-state index contributed by atoms with van der Waals surface area (Å²) in [4.78, 5) is 23.9. The van der Waals surface area contributed by atoms with Gasteiger partial charge in [-0.25, -0.2) is 19.9 Å². The van der Waals surface area contributed by atoms with Gasteiger partial charge in [-0.05, 0) is 6.07 Å². The predicted molar refractivity (Wildman–Crippen MR) is 110 cm³/mol. The Labute approximate surface area is 171 Å². The maximum absolute atomic E-state index is 6.21. The number of nitrogens with two attached hydrogens (primary N) is 1. The molecule has 1 saturated heterocycles. The fourth-order valence-corrected chi connectivity index (χ4v) is 3.36. The van der Waals surface area contributed by atoms with Crippen LogP contribution in [0.15, 0.2) is 41.3 Å². The zero-order valence-corrected chi connectivity index (χ0v) is 16.3. The Morgan fingerprint density at radius 3 is 2.67 bits per heavy atom. The summed E-state index contributed by atoms with van der Waals surface area (Å²) in [5.41, 5.74) is 8.29. The second-order valence-electron chi connectivity index (χ2n) is 6.70. The summed E-state index contributed by atoms with van der Waals surface area (Å²) in [6.45, 7) is 2.65. The summed E-state index contributed by atoms with van der Waals surface area (Å²) < 4.78 is 17.2. The molecule has 0 amide bonds. The summed E-state index contributed by atoms with van der Waals surface area (Å²) in [6, 6.07) is 3.65. The van der Waals surface area contributed by atoms with Crippen molar-refractivity contribution in [2.45, 2.75) is 0 Å². The van der Waals surface area contributed by atoms with Crippen molar-refractivity contribution in [2.75, 3.05) is 44.0 Å². The predicted octanol–water partition coefficient (Wildman–Crippen LogP) is 2.17. The molecule has 0 radical (unpaired) electrons. The van der Waals surface area contributed by atoms with Gasteiger partial charge < -0.3 is 24.5 Å². The lowest BCUT2D eigenvalue weighted by Crippen LogP contribution is -2.37. The van der Waals surface area contributed by atoms with Gasteiger partial charge in [0.15, 0.2) is 17.2 Å². The van der Waals surface area contributed by atoms with Crippen LogP contribution in [0.5, 0.6) is 5.75 Å². The minimum Gasteiger partial charge on any atom is -0.496 e. The van der Waals surface area contributed by atoms with Gasteiger partial charge in [0.2, 0.25) is 5.95 Å². The van der Waals surface area contributed by atoms with Gasteiger partial charge in [-0.15, -0.1) is 0 Å². The first-order chi connectivity index (χ1) is 14.7. The van der Waals surface area contributed by atoms with Crippen molar-refractivity contribution in [1.29, 1.82) is 0 Å². The first-order valence-corrected chi connectivity index (χ1v) is 9.43. The Kier molecular flexibility index (Phi) is 4.60. The second-order valence-corrected chi connectivity index (χ2v) is 6.70. The van der Waals surface area contributed by atoms with E-state index in [0.717, 1.165) is 5.56 Å². The number of fused-ring (bicyclic) bond motifs is 1. The van der Waals surface area contributed by atoms with E-state index in [-0.39, 0.29) is 5.95 Å². The number of rotatable bonds is 4. The van der Waals surface area contributed by atoms with Crippen molar-refractivity contribution in [2.24, 2.45) is 0 Å². The van der Waals surface area contributed by atoms with E-state index in [4.69, 9.17) is 24.6 Å². The topological polar surface area (TPSA) is 125 Å². The quantitative estimate of drug-likeness (QED) is 0.540. The molecule has 0 spiro atoms. The number of hydrogen-bond donors (Lipinski definition) is 1. The lowest BCUT2D eigenvalue weighted by atomic mass is 10.2. The third-order valence-electron chi connectivity index (χ3n) is 4.86. The standard InChI is InChI=1S/C20H19N7O3/c1-28-15-2-3-22-11-13(15)16-8-14-17(30-16)19(27-4-6-29-7-5-27)26-18(25-14)12-9-23-20(21)24-10-12/h2-3,8-11H,4-7H2,1H3,(H2,21,23,24). The molecule has 1 fully saturated rings. The van der Waals surface area contributed by atoms with Crippen LogP contribution in [-0.2, 0) is 4.74 Å². The number of morpholine rings is 1. The molecule has 0 unspecified atom stereocenters. The molecule has 10 heteroatoms. The van der Waals surface area contributed by atoms with E-state index in [1.54, 1.807) is 38.0 Å². The molecular weight excluding hydrogens is 386 g/mol. The highest BCUT2D eigenvalue weighted by atomic mass is 16.5. The average molecular weight is 405 g/mol. The van der Waals surface area contributed by atoms with Crippen LogP contribution in [0.2, 0.25) is 0 Å². The number of anilines is 2. The van der Waals surface area contributed by atoms with Gasteiger partial charge in [0.25, 0.3) is 0 Å². The molecule has 1 aliphatic heterocycles. The normalized spacial score (nSPS) is 14.2. The van der Waals surface area contributed by atoms with Crippen molar-refractivity contribution >= 4 is 22.9 Å². The Bertz CT molecular complexity index is 1190. The summed E-state index contributed by atoms with van der Waals surface area (Å²) in [6.07, 6.45) is 6.59. The molecule has 0 aliphatic carbocycles. The van der Waals surface area contributed by atoms with Crippen LogP contribution in [0.25, 0.3) is 33.8 Å². The van der Waals surface area contributed by atoms with Gasteiger partial charge in [-0.2, -0.15) is 0 Å². The zero-order chi connectivity index (χ0) is 20.5. The summed E-state index contributed by atoms with van der Waals surface area (Å²) >= 11 is 0. The molecular formula is C20H19N7O3. The van der Waals surface area contributed by atoms with Gasteiger partial charge in [-0.1, -0.05) is 0 Å². The second kappa shape index (κ2) is 7.56. The van der Waals surface area contributed by atoms with E-state index in [0.29, 0.717) is 66.1 Å². The van der Waals surface area contributed by atoms with Crippen LogP contribution in [0.4, 0.5) is 11.8 Å². The van der Waals surface area contributed by atoms with E-state index < -0.39 is 0 Å². The van der Waals surface area contributed by atoms with Gasteiger partial charge >= 0.3 is 0 Å². The molecule has 152 valence electrons. The van der Waals surface area contributed by atoms with E-state index in [1.807, 2.05) is 6.07 Å². The smallest absolute Gasteiger partial charge is 0.219 e. The molecule has 2 N–H and O–H groups in total. The van der Waals surface area contributed by atoms with Crippen LogP contribution in [0.3, 0.4) is 0 Å². The van der Waals surface area contributed by atoms with Gasteiger partial charge in [0, 0.05) is 43.9 Å². The molecule has 0 aromatic carbocycles. The van der Waals surface area contributed by atoms with Crippen molar-refractivity contribution < 1.29 is 13.9 Å². The lowest BCUT2D eigenvalue weighted by molar-refractivity contribution is 0.122. The van der Waals surface area contributed by atoms with Gasteiger partial charge in [-0.3, -0.25) is 4.98 Å². The maximum Gasteiger partial charge on any atom is 0.219 e. The number of ether oxygens (including phenoxy) is 2. The van der Waals surface area contributed by atoms with Crippen LogP contribution < -0.4 is 15.4 Å². The van der Waals surface area contributed by atoms with Crippen LogP contribution in [0, 0.1) is 0 Å². The first kappa shape index (κ1) is 18.3. The SMILES string of the molecule is COc1ccncc1-c1cc2nc(-c3cnc(N)nc3)nc(N3CCOCC3)c2o1. The number of aromatic nitrogens is 5. The van der Waals surface area contributed by atoms with Crippen LogP contribution in [-0.4, -0.2) is 58.3 Å². The highest BCUT2D eigenvalue weighted by Crippen LogP contribution is 2.37. The largest absolute Gasteiger partial charge is 0.496 e. The van der Waals surface area contributed by atoms with Crippen molar-refractivity contribution in [3.63, 3.8) is 0 Å². The highest BCUT2D eigenvalue weighted by Gasteiger charge is 2.23. The Morgan fingerprint density at radius 2 is 1.90 bits per heavy atom. The van der Waals surface area contributed by atoms with Crippen molar-refractivity contribution in [3.05, 3.63) is 36.9 Å². The van der Waals surface area contributed by atoms with Crippen molar-refractivity contribution in [3.8, 4) is 28.5 Å². The minimum atomic E-state index is 0.197. The average Bonchev–Trinajstić information content (AvgIpc) is 3.23. The molecule has 4 aromatic rings. The lowest BCUT2D eigenvalue weighted by Gasteiger charge is -2.27. The van der Waals surface area contributed by atoms with Gasteiger partial charge in [0.1, 0.15) is 17.0 Å². The molecule has 0 atom stereocenters. The number of methoxy groups -OCH3 is 1. The molecule has 30 heavy (non-hydrogen) atoms. The third kappa shape index (κ3) is 3.26. The number of nitrogen functional groups attached to an aromatic ring is 1. The molecule has 1 aliphatic rings. The number of hydrogen-bond acceptors (Lipinski definition) is 10. The first-order valence-electron chi connectivity index (χ1n) is 9.43. The maximum atomic E-state index is 6.21. The summed E-state index contributed by atoms with van der Waals surface area (Å²) in [5, 5.41) is 0. The molecule has 0 saturated carbocycles. The van der Waals surface area contributed by atoms with Crippen LogP contribution in [0.1, 0.15) is 0 Å². The molecule has 5 rings (SSSR count). The Hall–Kier alpha value is -3.79. The van der Waals surface area contributed by atoms with Crippen molar-refractivity contribution in [1.82, 2.24) is 24.9 Å². The highest BCUT2D eigenvalue weighted by molar-refractivity contribution is 5.90. The third-order valence-corrected chi connectivity index (χ3v) is 4.86. The molecule has 5 heterocycles. The van der Waals surface area contributed by atoms with E-state index in [2.05, 4.69) is 24.8 Å². The number of nitrogens with zero attached hydrogens (tertiary/aromatic N) is 6. The molecule has 0 bridgehead atoms. The van der Waals surface area contributed by atoms with E-state index in [1.165, 1.54) is 0 Å². The van der Waals surface area contributed by atoms with E-state index >= 15 is 0 Å². The zero-order valence-electron chi connectivity index (χ0n) is 16.3. The summed E-state index contributed by atoms with van der Waals surface area (Å²) in [7, 11) is 1.61. The fraction of sp³-hybridized carbons (Fsp3) is 0.250. The Morgan fingerprint density at radius 1 is 1.10 bits per heavy atom. The minimum absolute atomic E-state index is 0.197. The summed E-state index contributed by atoms with van der Waals surface area (Å²) in [5.74, 6) is 2.66. The number of furan rings is 1. The fourth-order valence-electron chi connectivity index (χ4n) is 3.36. The number of pyridine rings is 1.